The van der Waals surface area contributed by atoms with E-state index in [9.17, 15) is 9.59 Å². The van der Waals surface area contributed by atoms with Gasteiger partial charge in [-0.1, -0.05) is 83.9 Å². The van der Waals surface area contributed by atoms with E-state index in [0.29, 0.717) is 5.13 Å². The van der Waals surface area contributed by atoms with Crippen molar-refractivity contribution in [1.82, 2.24) is 4.98 Å². The molecule has 160 valence electrons. The Balaban J connectivity index is 1.36. The quantitative estimate of drug-likeness (QED) is 0.315. The second kappa shape index (κ2) is 9.96. The molecule has 32 heavy (non-hydrogen) atoms. The number of aromatic nitrogens is 1. The van der Waals surface area contributed by atoms with E-state index in [-0.39, 0.29) is 15.6 Å². The van der Waals surface area contributed by atoms with E-state index in [2.05, 4.69) is 22.4 Å². The average molecular weight is 483 g/mol. The van der Waals surface area contributed by atoms with Gasteiger partial charge in [-0.2, -0.15) is 0 Å². The fraction of sp³-hybridized carbons (Fsp3) is 0.0417. The molecule has 3 aromatic carbocycles. The molecule has 0 unspecified atom stereocenters. The number of halogens is 2. The number of anilines is 1. The van der Waals surface area contributed by atoms with E-state index in [1.807, 2.05) is 47.8 Å². The van der Waals surface area contributed by atoms with Crippen LogP contribution >= 0.6 is 34.5 Å². The zero-order chi connectivity index (χ0) is 22.5. The van der Waals surface area contributed by atoms with Gasteiger partial charge in [-0.05, 0) is 23.3 Å². The smallest absolute Gasteiger partial charge is 0.341 e. The Morgan fingerprint density at radius 1 is 0.844 bits per heavy atom. The van der Waals surface area contributed by atoms with Crippen molar-refractivity contribution in [3.8, 4) is 22.4 Å². The molecule has 4 rings (SSSR count). The van der Waals surface area contributed by atoms with Gasteiger partial charge in [0.1, 0.15) is 0 Å². The summed E-state index contributed by atoms with van der Waals surface area (Å²) in [6.07, 6.45) is 0. The molecule has 0 saturated carbocycles. The maximum absolute atomic E-state index is 12.2. The normalized spacial score (nSPS) is 10.6. The second-order valence-electron chi connectivity index (χ2n) is 6.70. The Morgan fingerprint density at radius 2 is 1.47 bits per heavy atom. The van der Waals surface area contributed by atoms with Crippen LogP contribution in [0.5, 0.6) is 0 Å². The fourth-order valence-corrected chi connectivity index (χ4v) is 4.27. The molecule has 4 aromatic rings. The summed E-state index contributed by atoms with van der Waals surface area (Å²) in [6.45, 7) is -0.485. The Morgan fingerprint density at radius 3 is 2.16 bits per heavy atom. The van der Waals surface area contributed by atoms with Crippen molar-refractivity contribution in [3.05, 3.63) is 93.8 Å². The van der Waals surface area contributed by atoms with Crippen LogP contribution in [0.3, 0.4) is 0 Å². The first kappa shape index (κ1) is 22.0. The summed E-state index contributed by atoms with van der Waals surface area (Å²) in [4.78, 5) is 28.8. The van der Waals surface area contributed by atoms with Gasteiger partial charge in [0.05, 0.1) is 21.3 Å². The van der Waals surface area contributed by atoms with Crippen LogP contribution in [0.4, 0.5) is 5.13 Å². The molecular weight excluding hydrogens is 467 g/mol. The summed E-state index contributed by atoms with van der Waals surface area (Å²) in [6, 6.07) is 22.8. The summed E-state index contributed by atoms with van der Waals surface area (Å²) in [5, 5.41) is 5.20. The van der Waals surface area contributed by atoms with E-state index in [1.54, 1.807) is 6.07 Å². The summed E-state index contributed by atoms with van der Waals surface area (Å²) < 4.78 is 5.03. The number of hydrogen-bond acceptors (Lipinski definition) is 5. The van der Waals surface area contributed by atoms with Crippen molar-refractivity contribution < 1.29 is 14.3 Å². The van der Waals surface area contributed by atoms with Crippen LogP contribution in [-0.2, 0) is 9.53 Å². The number of benzene rings is 3. The van der Waals surface area contributed by atoms with Crippen LogP contribution in [0.25, 0.3) is 22.4 Å². The summed E-state index contributed by atoms with van der Waals surface area (Å²) in [5.41, 5.74) is 3.95. The highest BCUT2D eigenvalue weighted by Crippen LogP contribution is 2.28. The minimum absolute atomic E-state index is 0.0270. The molecule has 1 aromatic heterocycles. The summed E-state index contributed by atoms with van der Waals surface area (Å²) in [7, 11) is 0. The molecule has 8 heteroatoms. The van der Waals surface area contributed by atoms with Crippen LogP contribution in [0, 0.1) is 0 Å². The van der Waals surface area contributed by atoms with Gasteiger partial charge >= 0.3 is 5.97 Å². The molecule has 1 amide bonds. The van der Waals surface area contributed by atoms with Gasteiger partial charge in [-0.3, -0.25) is 10.1 Å². The Kier molecular flexibility index (Phi) is 6.85. The first-order chi connectivity index (χ1) is 15.5. The lowest BCUT2D eigenvalue weighted by molar-refractivity contribution is -0.119. The number of nitrogens with one attached hydrogen (secondary N) is 1. The standard InChI is InChI=1S/C24H16Cl2N2O3S/c25-18-7-4-8-19(26)22(18)23(30)31-13-21(29)28-24-27-20(14-32-24)17-11-9-16(10-12-17)15-5-2-1-3-6-15/h1-12,14H,13H2,(H,27,28,29). The topological polar surface area (TPSA) is 68.3 Å². The minimum atomic E-state index is -0.769. The lowest BCUT2D eigenvalue weighted by Gasteiger charge is -2.07. The maximum atomic E-state index is 12.2. The van der Waals surface area contributed by atoms with Gasteiger partial charge in [0.2, 0.25) is 0 Å². The van der Waals surface area contributed by atoms with Crippen LogP contribution in [0.15, 0.2) is 78.2 Å². The highest BCUT2D eigenvalue weighted by Gasteiger charge is 2.18. The molecule has 1 N–H and O–H groups in total. The molecule has 0 aliphatic heterocycles. The zero-order valence-electron chi connectivity index (χ0n) is 16.5. The van der Waals surface area contributed by atoms with E-state index >= 15 is 0 Å². The van der Waals surface area contributed by atoms with Gasteiger partial charge < -0.3 is 4.74 Å². The molecule has 0 radical (unpaired) electrons. The highest BCUT2D eigenvalue weighted by molar-refractivity contribution is 7.14. The van der Waals surface area contributed by atoms with E-state index in [1.165, 1.54) is 23.5 Å². The lowest BCUT2D eigenvalue weighted by Crippen LogP contribution is -2.21. The number of carbonyl (C=O) groups is 2. The molecular formula is C24H16Cl2N2O3S. The minimum Gasteiger partial charge on any atom is -0.452 e. The van der Waals surface area contributed by atoms with Crippen molar-refractivity contribution in [2.45, 2.75) is 0 Å². The number of amides is 1. The largest absolute Gasteiger partial charge is 0.452 e. The Hall–Kier alpha value is -3.19. The molecule has 0 spiro atoms. The maximum Gasteiger partial charge on any atom is 0.341 e. The van der Waals surface area contributed by atoms with Crippen molar-refractivity contribution in [3.63, 3.8) is 0 Å². The molecule has 0 aliphatic carbocycles. The molecule has 0 saturated heterocycles. The number of rotatable bonds is 6. The Bertz CT molecular complexity index is 1240. The van der Waals surface area contributed by atoms with E-state index in [0.717, 1.165) is 22.4 Å². The van der Waals surface area contributed by atoms with Crippen molar-refractivity contribution in [2.24, 2.45) is 0 Å². The number of nitrogens with zero attached hydrogens (tertiary/aromatic N) is 1. The number of carbonyl (C=O) groups excluding carboxylic acids is 2. The summed E-state index contributed by atoms with van der Waals surface area (Å²) in [5.74, 6) is -1.28. The van der Waals surface area contributed by atoms with Crippen molar-refractivity contribution in [2.75, 3.05) is 11.9 Å². The highest BCUT2D eigenvalue weighted by atomic mass is 35.5. The first-order valence-electron chi connectivity index (χ1n) is 9.53. The second-order valence-corrected chi connectivity index (χ2v) is 8.37. The summed E-state index contributed by atoms with van der Waals surface area (Å²) >= 11 is 13.2. The van der Waals surface area contributed by atoms with Crippen LogP contribution in [0.2, 0.25) is 10.0 Å². The first-order valence-corrected chi connectivity index (χ1v) is 11.2. The van der Waals surface area contributed by atoms with E-state index < -0.39 is 18.5 Å². The predicted octanol–water partition coefficient (Wildman–Crippen LogP) is 6.58. The lowest BCUT2D eigenvalue weighted by atomic mass is 10.0. The third-order valence-electron chi connectivity index (χ3n) is 4.54. The number of esters is 1. The SMILES string of the molecule is O=C(COC(=O)c1c(Cl)cccc1Cl)Nc1nc(-c2ccc(-c3ccccc3)cc2)cs1. The van der Waals surface area contributed by atoms with Crippen LogP contribution in [-0.4, -0.2) is 23.5 Å². The third kappa shape index (κ3) is 5.16. The van der Waals surface area contributed by atoms with Gasteiger partial charge in [-0.15, -0.1) is 11.3 Å². The molecule has 0 atom stereocenters. The van der Waals surface area contributed by atoms with Crippen molar-refractivity contribution in [1.29, 1.82) is 0 Å². The van der Waals surface area contributed by atoms with Gasteiger partial charge in [0.15, 0.2) is 11.7 Å². The monoisotopic (exact) mass is 482 g/mol. The van der Waals surface area contributed by atoms with E-state index in [4.69, 9.17) is 27.9 Å². The van der Waals surface area contributed by atoms with Crippen LogP contribution < -0.4 is 5.32 Å². The van der Waals surface area contributed by atoms with Gasteiger partial charge in [0.25, 0.3) is 5.91 Å². The average Bonchev–Trinajstić information content (AvgIpc) is 3.27. The van der Waals surface area contributed by atoms with Crippen LogP contribution in [0.1, 0.15) is 10.4 Å². The number of ether oxygens (including phenoxy) is 1. The van der Waals surface area contributed by atoms with Gasteiger partial charge in [0, 0.05) is 10.9 Å². The fourth-order valence-electron chi connectivity index (χ4n) is 2.98. The molecule has 1 heterocycles. The van der Waals surface area contributed by atoms with Crippen molar-refractivity contribution >= 4 is 51.5 Å². The number of hydrogen-bond donors (Lipinski definition) is 1. The molecule has 0 fully saturated rings. The predicted molar refractivity (Wildman–Crippen MR) is 128 cm³/mol. The molecule has 0 bridgehead atoms. The number of thiazole rings is 1. The molecule has 0 aliphatic rings. The molecule has 5 nitrogen and oxygen atoms in total. The zero-order valence-corrected chi connectivity index (χ0v) is 18.9. The Labute approximate surface area is 198 Å². The van der Waals surface area contributed by atoms with Gasteiger partial charge in [-0.25, -0.2) is 9.78 Å². The third-order valence-corrected chi connectivity index (χ3v) is 5.93.